The normalized spacial score (nSPS) is 10.3. The van der Waals surface area contributed by atoms with Gasteiger partial charge in [0, 0.05) is 18.0 Å². The van der Waals surface area contributed by atoms with Gasteiger partial charge in [0.15, 0.2) is 11.5 Å². The first-order valence-electron chi connectivity index (χ1n) is 7.84. The monoisotopic (exact) mass is 347 g/mol. The van der Waals surface area contributed by atoms with Gasteiger partial charge < -0.3 is 14.8 Å². The van der Waals surface area contributed by atoms with Crippen molar-refractivity contribution in [3.8, 4) is 11.5 Å². The Morgan fingerprint density at radius 1 is 1.00 bits per heavy atom. The van der Waals surface area contributed by atoms with E-state index in [1.54, 1.807) is 14.2 Å². The highest BCUT2D eigenvalue weighted by Gasteiger charge is 2.06. The molecule has 0 unspecified atom stereocenters. The number of nitrogens with one attached hydrogen (secondary N) is 1. The van der Waals surface area contributed by atoms with Crippen LogP contribution >= 0.6 is 11.6 Å². The van der Waals surface area contributed by atoms with Gasteiger partial charge in [-0.1, -0.05) is 29.8 Å². The SMILES string of the molecule is COc1ccc(CNC(=O)CCCc2ccc(Cl)cc2)cc1OC. The average Bonchev–Trinajstić information content (AvgIpc) is 2.61. The van der Waals surface area contributed by atoms with Crippen molar-refractivity contribution in [2.45, 2.75) is 25.8 Å². The minimum Gasteiger partial charge on any atom is -0.493 e. The van der Waals surface area contributed by atoms with E-state index in [9.17, 15) is 4.79 Å². The first-order valence-corrected chi connectivity index (χ1v) is 8.22. The Morgan fingerprint density at radius 3 is 2.33 bits per heavy atom. The van der Waals surface area contributed by atoms with E-state index in [4.69, 9.17) is 21.1 Å². The molecule has 0 atom stereocenters. The average molecular weight is 348 g/mol. The molecule has 0 fully saturated rings. The lowest BCUT2D eigenvalue weighted by Crippen LogP contribution is -2.22. The summed E-state index contributed by atoms with van der Waals surface area (Å²) in [5.74, 6) is 1.38. The second kappa shape index (κ2) is 9.18. The maximum Gasteiger partial charge on any atom is 0.220 e. The number of carbonyl (C=O) groups excluding carboxylic acids is 1. The standard InChI is InChI=1S/C19H22ClNO3/c1-23-17-11-8-15(12-18(17)24-2)13-21-19(22)5-3-4-14-6-9-16(20)10-7-14/h6-12H,3-5,13H2,1-2H3,(H,21,22). The summed E-state index contributed by atoms with van der Waals surface area (Å²) in [6.45, 7) is 0.472. The van der Waals surface area contributed by atoms with Crippen LogP contribution in [0, 0.1) is 0 Å². The molecule has 1 N–H and O–H groups in total. The zero-order chi connectivity index (χ0) is 17.4. The Morgan fingerprint density at radius 2 is 1.67 bits per heavy atom. The van der Waals surface area contributed by atoms with Crippen LogP contribution in [0.25, 0.3) is 0 Å². The predicted molar refractivity (Wildman–Crippen MR) is 95.8 cm³/mol. The van der Waals surface area contributed by atoms with Gasteiger partial charge in [-0.2, -0.15) is 0 Å². The molecule has 24 heavy (non-hydrogen) atoms. The lowest BCUT2D eigenvalue weighted by atomic mass is 10.1. The van der Waals surface area contributed by atoms with Crippen molar-refractivity contribution >= 4 is 17.5 Å². The van der Waals surface area contributed by atoms with Crippen LogP contribution in [-0.4, -0.2) is 20.1 Å². The number of methoxy groups -OCH3 is 2. The van der Waals surface area contributed by atoms with E-state index in [0.717, 1.165) is 23.4 Å². The van der Waals surface area contributed by atoms with Gasteiger partial charge in [0.05, 0.1) is 14.2 Å². The molecular weight excluding hydrogens is 326 g/mol. The number of aryl methyl sites for hydroxylation is 1. The first kappa shape index (κ1) is 18.1. The molecule has 0 aliphatic rings. The zero-order valence-corrected chi connectivity index (χ0v) is 14.7. The third kappa shape index (κ3) is 5.46. The second-order valence-corrected chi connectivity index (χ2v) is 5.88. The van der Waals surface area contributed by atoms with E-state index in [2.05, 4.69) is 5.32 Å². The van der Waals surface area contributed by atoms with Crippen LogP contribution in [0.4, 0.5) is 0 Å². The summed E-state index contributed by atoms with van der Waals surface area (Å²) < 4.78 is 10.5. The van der Waals surface area contributed by atoms with E-state index >= 15 is 0 Å². The number of benzene rings is 2. The fraction of sp³-hybridized carbons (Fsp3) is 0.316. The quantitative estimate of drug-likeness (QED) is 0.785. The Balaban J connectivity index is 1.75. The maximum absolute atomic E-state index is 12.0. The lowest BCUT2D eigenvalue weighted by molar-refractivity contribution is -0.121. The Kier molecular flexibility index (Phi) is 6.94. The van der Waals surface area contributed by atoms with Crippen LogP contribution in [0.2, 0.25) is 5.02 Å². The Bertz CT molecular complexity index is 671. The molecule has 0 spiro atoms. The molecule has 2 aromatic carbocycles. The molecule has 0 heterocycles. The van der Waals surface area contributed by atoms with Crippen molar-refractivity contribution in [3.05, 3.63) is 58.6 Å². The van der Waals surface area contributed by atoms with Gasteiger partial charge in [0.1, 0.15) is 0 Å². The highest BCUT2D eigenvalue weighted by Crippen LogP contribution is 2.27. The minimum absolute atomic E-state index is 0.0405. The maximum atomic E-state index is 12.0. The van der Waals surface area contributed by atoms with Gasteiger partial charge in [-0.05, 0) is 48.2 Å². The Labute approximate surface area is 147 Å². The van der Waals surface area contributed by atoms with Crippen LogP contribution in [0.3, 0.4) is 0 Å². The molecule has 0 radical (unpaired) electrons. The summed E-state index contributed by atoms with van der Waals surface area (Å²) in [6, 6.07) is 13.3. The molecule has 0 saturated heterocycles. The third-order valence-electron chi connectivity index (χ3n) is 3.72. The predicted octanol–water partition coefficient (Wildman–Crippen LogP) is 4.00. The minimum atomic E-state index is 0.0405. The van der Waals surface area contributed by atoms with E-state index in [1.165, 1.54) is 5.56 Å². The number of carbonyl (C=O) groups is 1. The molecule has 2 rings (SSSR count). The van der Waals surface area contributed by atoms with Gasteiger partial charge in [-0.3, -0.25) is 4.79 Å². The number of rotatable bonds is 8. The van der Waals surface area contributed by atoms with Crippen molar-refractivity contribution < 1.29 is 14.3 Å². The van der Waals surface area contributed by atoms with Gasteiger partial charge >= 0.3 is 0 Å². The van der Waals surface area contributed by atoms with Crippen molar-refractivity contribution in [1.29, 1.82) is 0 Å². The third-order valence-corrected chi connectivity index (χ3v) is 3.97. The van der Waals surface area contributed by atoms with Gasteiger partial charge in [0.25, 0.3) is 0 Å². The molecule has 0 aliphatic heterocycles. The summed E-state index contributed by atoms with van der Waals surface area (Å²) in [4.78, 5) is 12.0. The number of halogens is 1. The molecule has 0 saturated carbocycles. The molecule has 0 bridgehead atoms. The molecule has 4 nitrogen and oxygen atoms in total. The van der Waals surface area contributed by atoms with E-state index in [0.29, 0.717) is 24.5 Å². The summed E-state index contributed by atoms with van der Waals surface area (Å²) in [6.07, 6.45) is 2.16. The number of hydrogen-bond acceptors (Lipinski definition) is 3. The van der Waals surface area contributed by atoms with Crippen LogP contribution in [0.1, 0.15) is 24.0 Å². The van der Waals surface area contributed by atoms with Gasteiger partial charge in [-0.15, -0.1) is 0 Å². The van der Waals surface area contributed by atoms with Gasteiger partial charge in [0.2, 0.25) is 5.91 Å². The fourth-order valence-corrected chi connectivity index (χ4v) is 2.51. The Hall–Kier alpha value is -2.20. The highest BCUT2D eigenvalue weighted by atomic mass is 35.5. The number of hydrogen-bond donors (Lipinski definition) is 1. The molecule has 0 aliphatic carbocycles. The molecule has 1 amide bonds. The number of ether oxygens (including phenoxy) is 2. The number of amides is 1. The van der Waals surface area contributed by atoms with Crippen molar-refractivity contribution in [2.24, 2.45) is 0 Å². The van der Waals surface area contributed by atoms with Crippen molar-refractivity contribution in [3.63, 3.8) is 0 Å². The van der Waals surface area contributed by atoms with Crippen molar-refractivity contribution in [1.82, 2.24) is 5.32 Å². The second-order valence-electron chi connectivity index (χ2n) is 5.45. The van der Waals surface area contributed by atoms with Crippen LogP contribution in [0.5, 0.6) is 11.5 Å². The smallest absolute Gasteiger partial charge is 0.220 e. The summed E-state index contributed by atoms with van der Waals surface area (Å²) in [5.41, 5.74) is 2.16. The van der Waals surface area contributed by atoms with Crippen LogP contribution in [-0.2, 0) is 17.8 Å². The lowest BCUT2D eigenvalue weighted by Gasteiger charge is -2.10. The fourth-order valence-electron chi connectivity index (χ4n) is 2.38. The van der Waals surface area contributed by atoms with E-state index in [-0.39, 0.29) is 5.91 Å². The first-order chi connectivity index (χ1) is 11.6. The summed E-state index contributed by atoms with van der Waals surface area (Å²) >= 11 is 5.86. The largest absolute Gasteiger partial charge is 0.493 e. The zero-order valence-electron chi connectivity index (χ0n) is 14.0. The molecule has 5 heteroatoms. The van der Waals surface area contributed by atoms with E-state index in [1.807, 2.05) is 42.5 Å². The summed E-state index contributed by atoms with van der Waals surface area (Å²) in [7, 11) is 3.19. The van der Waals surface area contributed by atoms with Crippen LogP contribution in [0.15, 0.2) is 42.5 Å². The van der Waals surface area contributed by atoms with Gasteiger partial charge in [-0.25, -0.2) is 0 Å². The van der Waals surface area contributed by atoms with E-state index < -0.39 is 0 Å². The highest BCUT2D eigenvalue weighted by molar-refractivity contribution is 6.30. The molecule has 0 aromatic heterocycles. The van der Waals surface area contributed by atoms with Crippen LogP contribution < -0.4 is 14.8 Å². The molecular formula is C19H22ClNO3. The molecule has 2 aromatic rings. The van der Waals surface area contributed by atoms with Crippen molar-refractivity contribution in [2.75, 3.05) is 14.2 Å². The topological polar surface area (TPSA) is 47.6 Å². The summed E-state index contributed by atoms with van der Waals surface area (Å²) in [5, 5.41) is 3.65. The molecule has 128 valence electrons.